The Morgan fingerprint density at radius 3 is 2.67 bits per heavy atom. The summed E-state index contributed by atoms with van der Waals surface area (Å²) in [6.07, 6.45) is 5.39. The Morgan fingerprint density at radius 1 is 1.10 bits per heavy atom. The van der Waals surface area contributed by atoms with Gasteiger partial charge in [0.1, 0.15) is 17.1 Å². The molecule has 0 aromatic heterocycles. The first-order valence-corrected chi connectivity index (χ1v) is 14.6. The van der Waals surface area contributed by atoms with Crippen LogP contribution in [-0.4, -0.2) is 40.4 Å². The van der Waals surface area contributed by atoms with Gasteiger partial charge in [-0.3, -0.25) is 14.5 Å². The van der Waals surface area contributed by atoms with Crippen LogP contribution in [-0.2, 0) is 11.2 Å². The normalized spacial score (nSPS) is 29.4. The van der Waals surface area contributed by atoms with Crippen molar-refractivity contribution in [3.05, 3.63) is 58.7 Å². The first-order valence-electron chi connectivity index (χ1n) is 14.6. The third kappa shape index (κ3) is 4.71. The number of aryl methyl sites for hydroxylation is 1. The molecule has 2 amide bonds. The lowest BCUT2D eigenvalue weighted by atomic mass is 9.83. The number of amides is 2. The summed E-state index contributed by atoms with van der Waals surface area (Å²) in [6, 6.07) is 11.3. The van der Waals surface area contributed by atoms with E-state index in [0.717, 1.165) is 49.0 Å². The molecular weight excluding hydrogens is 504 g/mol. The highest BCUT2D eigenvalue weighted by Crippen LogP contribution is 2.44. The topological polar surface area (TPSA) is 106 Å². The highest BCUT2D eigenvalue weighted by molar-refractivity contribution is 6.00. The van der Waals surface area contributed by atoms with Gasteiger partial charge >= 0.3 is 0 Å². The summed E-state index contributed by atoms with van der Waals surface area (Å²) >= 11 is 0. The summed E-state index contributed by atoms with van der Waals surface area (Å²) in [4.78, 5) is 34.2. The number of nitrogens with one attached hydrogen (secondary N) is 1. The maximum absolute atomic E-state index is 13.8. The number of aliphatic imine (C=N–C) groups is 1. The molecule has 40 heavy (non-hydrogen) atoms. The van der Waals surface area contributed by atoms with Gasteiger partial charge in [0.25, 0.3) is 5.91 Å². The third-order valence-corrected chi connectivity index (χ3v) is 9.11. The van der Waals surface area contributed by atoms with Gasteiger partial charge in [0.15, 0.2) is 5.96 Å². The van der Waals surface area contributed by atoms with Crippen molar-refractivity contribution < 1.29 is 19.1 Å². The van der Waals surface area contributed by atoms with Crippen LogP contribution in [0.1, 0.15) is 105 Å². The van der Waals surface area contributed by atoms with Crippen molar-refractivity contribution in [2.45, 2.75) is 95.9 Å². The number of carbonyl (C=O) groups is 2. The second-order valence-corrected chi connectivity index (χ2v) is 12.6. The summed E-state index contributed by atoms with van der Waals surface area (Å²) in [5.74, 6) is 1.56. The Bertz CT molecular complexity index is 1380. The number of hydrogen-bond acceptors (Lipinski definition) is 6. The zero-order valence-corrected chi connectivity index (χ0v) is 24.0. The molecule has 0 saturated heterocycles. The number of nitrogens with zero attached hydrogens (tertiary/aromatic N) is 2. The van der Waals surface area contributed by atoms with Crippen molar-refractivity contribution in [1.29, 1.82) is 0 Å². The van der Waals surface area contributed by atoms with Gasteiger partial charge in [-0.2, -0.15) is 0 Å². The number of nitrogens with two attached hydrogens (primary N) is 1. The smallest absolute Gasteiger partial charge is 0.251 e. The SMILES string of the molecule is CC[C@@]12CCCCc3ccc4c(c3)[C@H](CC(C)(C)O4)NC(=O)c3ccc4c(c3)[C@@H]([C@H](C)CO4)N(C(=O)C1)C(N)=N2. The van der Waals surface area contributed by atoms with E-state index in [1.54, 1.807) is 11.0 Å². The van der Waals surface area contributed by atoms with E-state index in [1.807, 2.05) is 25.1 Å². The third-order valence-electron chi connectivity index (χ3n) is 9.11. The van der Waals surface area contributed by atoms with Crippen molar-refractivity contribution in [3.63, 3.8) is 0 Å². The molecule has 5 heterocycles. The van der Waals surface area contributed by atoms with Crippen molar-refractivity contribution in [2.75, 3.05) is 6.61 Å². The van der Waals surface area contributed by atoms with Crippen LogP contribution in [0.2, 0.25) is 0 Å². The van der Waals surface area contributed by atoms with E-state index in [1.165, 1.54) is 5.56 Å². The average Bonchev–Trinajstić information content (AvgIpc) is 2.91. The minimum absolute atomic E-state index is 0.0142. The highest BCUT2D eigenvalue weighted by Gasteiger charge is 2.44. The van der Waals surface area contributed by atoms with Crippen LogP contribution in [0.25, 0.3) is 0 Å². The number of rotatable bonds is 1. The number of carbonyl (C=O) groups excluding carboxylic acids is 2. The first kappa shape index (κ1) is 26.7. The van der Waals surface area contributed by atoms with Gasteiger partial charge in [0.2, 0.25) is 5.91 Å². The standard InChI is InChI=1S/C32H40N4O4/c1-5-32-13-7-6-8-20-9-11-26-22(14-20)24(16-31(3,4)40-26)34-29(38)21-10-12-25-23(15-21)28(19(2)18-39-25)36(27(37)17-32)30(33)35-32/h9-12,14-15,19,24,28H,5-8,13,16-18H2,1-4H3,(H2,33,35)(H,34,38)/t19-,24+,28-,32-/m1/s1. The van der Waals surface area contributed by atoms with E-state index < -0.39 is 11.1 Å². The molecule has 8 nitrogen and oxygen atoms in total. The second kappa shape index (κ2) is 9.82. The molecule has 0 unspecified atom stereocenters. The number of fused-ring (bicyclic) bond motifs is 5. The van der Waals surface area contributed by atoms with E-state index in [9.17, 15) is 9.59 Å². The Labute approximate surface area is 236 Å². The second-order valence-electron chi connectivity index (χ2n) is 12.6. The van der Waals surface area contributed by atoms with Gasteiger partial charge in [-0.1, -0.05) is 32.4 Å². The van der Waals surface area contributed by atoms with E-state index in [2.05, 4.69) is 38.2 Å². The quantitative estimate of drug-likeness (QED) is 0.513. The van der Waals surface area contributed by atoms with Crippen LogP contribution < -0.4 is 20.5 Å². The fourth-order valence-corrected chi connectivity index (χ4v) is 6.93. The molecule has 0 aliphatic carbocycles. The summed E-state index contributed by atoms with van der Waals surface area (Å²) in [5.41, 5.74) is 9.26. The summed E-state index contributed by atoms with van der Waals surface area (Å²) in [7, 11) is 0. The molecule has 0 fully saturated rings. The summed E-state index contributed by atoms with van der Waals surface area (Å²) in [5, 5.41) is 3.29. The lowest BCUT2D eigenvalue weighted by Gasteiger charge is -2.44. The van der Waals surface area contributed by atoms with Gasteiger partial charge in [-0.25, -0.2) is 4.99 Å². The molecule has 5 aliphatic rings. The monoisotopic (exact) mass is 544 g/mol. The molecule has 0 spiro atoms. The van der Waals surface area contributed by atoms with Gasteiger partial charge in [-0.15, -0.1) is 0 Å². The largest absolute Gasteiger partial charge is 0.493 e. The summed E-state index contributed by atoms with van der Waals surface area (Å²) in [6.45, 7) is 8.70. The predicted octanol–water partition coefficient (Wildman–Crippen LogP) is 5.21. The zero-order chi connectivity index (χ0) is 28.2. The van der Waals surface area contributed by atoms with E-state index in [4.69, 9.17) is 20.2 Å². The van der Waals surface area contributed by atoms with E-state index in [0.29, 0.717) is 30.8 Å². The fourth-order valence-electron chi connectivity index (χ4n) is 6.93. The van der Waals surface area contributed by atoms with Crippen molar-refractivity contribution >= 4 is 17.8 Å². The summed E-state index contributed by atoms with van der Waals surface area (Å²) < 4.78 is 12.3. The molecule has 0 saturated carbocycles. The molecule has 6 bridgehead atoms. The minimum atomic E-state index is -0.484. The van der Waals surface area contributed by atoms with Gasteiger partial charge in [0, 0.05) is 29.0 Å². The fraction of sp³-hybridized carbons (Fsp3) is 0.531. The molecule has 3 N–H and O–H groups in total. The predicted molar refractivity (Wildman–Crippen MR) is 153 cm³/mol. The van der Waals surface area contributed by atoms with Crippen LogP contribution in [0.4, 0.5) is 0 Å². The lowest BCUT2D eigenvalue weighted by molar-refractivity contribution is -0.133. The van der Waals surface area contributed by atoms with Gasteiger partial charge in [-0.05, 0) is 69.4 Å². The van der Waals surface area contributed by atoms with Crippen molar-refractivity contribution in [3.8, 4) is 11.5 Å². The Balaban J connectivity index is 1.46. The first-order chi connectivity index (χ1) is 19.1. The van der Waals surface area contributed by atoms with Crippen LogP contribution in [0.15, 0.2) is 41.4 Å². The van der Waals surface area contributed by atoms with Crippen LogP contribution >= 0.6 is 0 Å². The van der Waals surface area contributed by atoms with Crippen molar-refractivity contribution in [1.82, 2.24) is 10.2 Å². The molecule has 7 rings (SSSR count). The molecule has 212 valence electrons. The zero-order valence-electron chi connectivity index (χ0n) is 24.0. The van der Waals surface area contributed by atoms with E-state index in [-0.39, 0.29) is 35.8 Å². The molecule has 2 aromatic carbocycles. The number of hydrogen-bond donors (Lipinski definition) is 2. The Hall–Kier alpha value is -3.55. The Kier molecular flexibility index (Phi) is 6.55. The van der Waals surface area contributed by atoms with Gasteiger partial charge < -0.3 is 20.5 Å². The average molecular weight is 545 g/mol. The van der Waals surface area contributed by atoms with Crippen LogP contribution in [0.5, 0.6) is 11.5 Å². The molecular formula is C32H40N4O4. The van der Waals surface area contributed by atoms with Crippen molar-refractivity contribution in [2.24, 2.45) is 16.6 Å². The molecule has 4 atom stereocenters. The van der Waals surface area contributed by atoms with Crippen LogP contribution in [0, 0.1) is 5.92 Å². The molecule has 5 aliphatic heterocycles. The molecule has 8 heteroatoms. The van der Waals surface area contributed by atoms with E-state index >= 15 is 0 Å². The maximum atomic E-state index is 13.8. The lowest BCUT2D eigenvalue weighted by Crippen LogP contribution is -2.54. The molecule has 0 radical (unpaired) electrons. The number of guanidine groups is 1. The highest BCUT2D eigenvalue weighted by atomic mass is 16.5. The number of ether oxygens (including phenoxy) is 2. The minimum Gasteiger partial charge on any atom is -0.493 e. The Morgan fingerprint density at radius 2 is 1.90 bits per heavy atom. The molecule has 2 aromatic rings. The van der Waals surface area contributed by atoms with Gasteiger partial charge in [0.05, 0.1) is 30.7 Å². The van der Waals surface area contributed by atoms with Crippen LogP contribution in [0.3, 0.4) is 0 Å². The maximum Gasteiger partial charge on any atom is 0.251 e. The number of benzene rings is 2.